The number of hydrogen-bond acceptors (Lipinski definition) is 8. The number of hydrogen-bond donors (Lipinski definition) is 3. The molecule has 182 valence electrons. The number of aromatic nitrogens is 2. The van der Waals surface area contributed by atoms with Crippen LogP contribution in [0.4, 0.5) is 0 Å². The Labute approximate surface area is 198 Å². The maximum absolute atomic E-state index is 11.1. The number of aliphatic hydroxyl groups excluding tert-OH is 2. The lowest BCUT2D eigenvalue weighted by molar-refractivity contribution is -0.124. The molecule has 0 spiro atoms. The van der Waals surface area contributed by atoms with Crippen molar-refractivity contribution in [3.8, 4) is 34.3 Å². The third-order valence-electron chi connectivity index (χ3n) is 5.04. The van der Waals surface area contributed by atoms with Gasteiger partial charge in [-0.15, -0.1) is 0 Å². The van der Waals surface area contributed by atoms with Crippen molar-refractivity contribution in [3.63, 3.8) is 0 Å². The summed E-state index contributed by atoms with van der Waals surface area (Å²) in [5.74, 6) is 1.70. The molecule has 1 unspecified atom stereocenters. The van der Waals surface area contributed by atoms with E-state index >= 15 is 0 Å². The molecule has 0 bridgehead atoms. The summed E-state index contributed by atoms with van der Waals surface area (Å²) in [7, 11) is 0. The van der Waals surface area contributed by atoms with E-state index in [9.17, 15) is 9.90 Å². The highest BCUT2D eigenvalue weighted by molar-refractivity contribution is 5.76. The maximum Gasteiger partial charge on any atom is 0.258 e. The molecule has 1 heterocycles. The van der Waals surface area contributed by atoms with Crippen LogP contribution in [0, 0.1) is 20.8 Å². The quantitative estimate of drug-likeness (QED) is 0.414. The summed E-state index contributed by atoms with van der Waals surface area (Å²) in [5.41, 5.74) is 4.27. The predicted octanol–water partition coefficient (Wildman–Crippen LogP) is 2.96. The highest BCUT2D eigenvalue weighted by Gasteiger charge is 2.16. The van der Waals surface area contributed by atoms with E-state index in [1.54, 1.807) is 0 Å². The van der Waals surface area contributed by atoms with Gasteiger partial charge in [-0.25, -0.2) is 0 Å². The lowest BCUT2D eigenvalue weighted by Crippen LogP contribution is -2.36. The van der Waals surface area contributed by atoms with Crippen LogP contribution in [-0.4, -0.2) is 58.2 Å². The van der Waals surface area contributed by atoms with E-state index < -0.39 is 18.6 Å². The van der Waals surface area contributed by atoms with E-state index in [0.29, 0.717) is 17.5 Å². The number of benzene rings is 2. The zero-order valence-electron chi connectivity index (χ0n) is 20.1. The fourth-order valence-electron chi connectivity index (χ4n) is 3.41. The molecule has 1 aromatic heterocycles. The summed E-state index contributed by atoms with van der Waals surface area (Å²) >= 11 is 0. The van der Waals surface area contributed by atoms with E-state index in [1.807, 2.05) is 65.0 Å². The summed E-state index contributed by atoms with van der Waals surface area (Å²) in [6.45, 7) is 9.08. The van der Waals surface area contributed by atoms with Gasteiger partial charge in [-0.3, -0.25) is 4.79 Å². The molecule has 9 nitrogen and oxygen atoms in total. The Hall–Kier alpha value is -3.43. The van der Waals surface area contributed by atoms with Gasteiger partial charge in [0.25, 0.3) is 5.89 Å². The molecular weight excluding hydrogens is 438 g/mol. The second-order valence-electron chi connectivity index (χ2n) is 8.44. The van der Waals surface area contributed by atoms with Crippen molar-refractivity contribution < 1.29 is 29.0 Å². The standard InChI is InChI=1S/C25H31N3O6/c1-14(2)33-21-10-18(7-6-15(21)3)25-27-24(28-34-25)19-8-16(4)23(17(5)9-19)32-13-20(30)11-26-22(31)12-29/h6-10,14,20,29-30H,11-13H2,1-5H3,(H,26,31). The first-order valence-corrected chi connectivity index (χ1v) is 11.1. The van der Waals surface area contributed by atoms with E-state index in [4.69, 9.17) is 19.1 Å². The van der Waals surface area contributed by atoms with Crippen molar-refractivity contribution in [1.82, 2.24) is 15.5 Å². The Balaban J connectivity index is 1.74. The van der Waals surface area contributed by atoms with Gasteiger partial charge in [0, 0.05) is 17.7 Å². The first-order valence-electron chi connectivity index (χ1n) is 11.1. The fraction of sp³-hybridized carbons (Fsp3) is 0.400. The average molecular weight is 470 g/mol. The molecule has 3 rings (SSSR count). The minimum atomic E-state index is -0.909. The van der Waals surface area contributed by atoms with Gasteiger partial charge in [0.05, 0.1) is 6.10 Å². The van der Waals surface area contributed by atoms with Crippen molar-refractivity contribution in [2.45, 2.75) is 46.8 Å². The molecule has 0 aliphatic rings. The maximum atomic E-state index is 11.1. The summed E-state index contributed by atoms with van der Waals surface area (Å²) in [5, 5.41) is 25.3. The molecule has 0 radical (unpaired) electrons. The Morgan fingerprint density at radius 1 is 1.09 bits per heavy atom. The summed E-state index contributed by atoms with van der Waals surface area (Å²) in [6.07, 6.45) is -0.855. The number of carbonyl (C=O) groups excluding carboxylic acids is 1. The Bertz CT molecular complexity index is 1120. The van der Waals surface area contributed by atoms with E-state index in [1.165, 1.54) is 0 Å². The lowest BCUT2D eigenvalue weighted by atomic mass is 10.1. The highest BCUT2D eigenvalue weighted by atomic mass is 16.5. The number of rotatable bonds is 10. The van der Waals surface area contributed by atoms with E-state index in [0.717, 1.165) is 33.6 Å². The van der Waals surface area contributed by atoms with Crippen LogP contribution < -0.4 is 14.8 Å². The molecule has 9 heteroatoms. The summed E-state index contributed by atoms with van der Waals surface area (Å²) < 4.78 is 17.2. The molecule has 0 saturated carbocycles. The normalized spacial score (nSPS) is 12.0. The van der Waals surface area contributed by atoms with Crippen molar-refractivity contribution in [2.24, 2.45) is 0 Å². The second-order valence-corrected chi connectivity index (χ2v) is 8.44. The Kier molecular flexibility index (Phi) is 8.25. The first kappa shape index (κ1) is 25.2. The molecule has 3 N–H and O–H groups in total. The van der Waals surface area contributed by atoms with E-state index in [-0.39, 0.29) is 19.3 Å². The van der Waals surface area contributed by atoms with Crippen LogP contribution in [0.1, 0.15) is 30.5 Å². The molecule has 2 aromatic carbocycles. The van der Waals surface area contributed by atoms with Crippen molar-refractivity contribution >= 4 is 5.91 Å². The first-order chi connectivity index (χ1) is 16.2. The van der Waals surface area contributed by atoms with Gasteiger partial charge >= 0.3 is 0 Å². The number of nitrogens with one attached hydrogen (secondary N) is 1. The predicted molar refractivity (Wildman–Crippen MR) is 127 cm³/mol. The average Bonchev–Trinajstić information content (AvgIpc) is 3.28. The molecule has 34 heavy (non-hydrogen) atoms. The van der Waals surface area contributed by atoms with Crippen molar-refractivity contribution in [2.75, 3.05) is 19.8 Å². The SMILES string of the molecule is Cc1ccc(-c2nc(-c3cc(C)c(OCC(O)CNC(=O)CO)c(C)c3)no2)cc1OC(C)C. The van der Waals surface area contributed by atoms with Gasteiger partial charge < -0.3 is 29.5 Å². The second kappa shape index (κ2) is 11.1. The summed E-state index contributed by atoms with van der Waals surface area (Å²) in [4.78, 5) is 15.7. The molecule has 0 aliphatic heterocycles. The molecule has 1 amide bonds. The molecular formula is C25H31N3O6. The van der Waals surface area contributed by atoms with Gasteiger partial charge in [-0.2, -0.15) is 4.98 Å². The van der Waals surface area contributed by atoms with Crippen LogP contribution in [-0.2, 0) is 4.79 Å². The zero-order valence-corrected chi connectivity index (χ0v) is 20.1. The van der Waals surface area contributed by atoms with Crippen molar-refractivity contribution in [1.29, 1.82) is 0 Å². The number of ether oxygens (including phenoxy) is 2. The topological polar surface area (TPSA) is 127 Å². The largest absolute Gasteiger partial charge is 0.491 e. The molecule has 3 aromatic rings. The number of amides is 1. The van der Waals surface area contributed by atoms with Gasteiger partial charge in [0.1, 0.15) is 30.8 Å². The monoisotopic (exact) mass is 469 g/mol. The Morgan fingerprint density at radius 2 is 1.79 bits per heavy atom. The molecule has 0 aliphatic carbocycles. The molecule has 0 fully saturated rings. The van der Waals surface area contributed by atoms with Crippen LogP contribution >= 0.6 is 0 Å². The van der Waals surface area contributed by atoms with Crippen LogP contribution in [0.15, 0.2) is 34.9 Å². The number of aryl methyl sites for hydroxylation is 3. The minimum absolute atomic E-state index is 0.00665. The van der Waals surface area contributed by atoms with Gasteiger partial charge in [-0.05, 0) is 75.6 Å². The number of aliphatic hydroxyl groups is 2. The third kappa shape index (κ3) is 6.33. The fourth-order valence-corrected chi connectivity index (χ4v) is 3.41. The summed E-state index contributed by atoms with van der Waals surface area (Å²) in [6, 6.07) is 9.55. The van der Waals surface area contributed by atoms with Crippen LogP contribution in [0.2, 0.25) is 0 Å². The number of nitrogens with zero attached hydrogens (tertiary/aromatic N) is 2. The van der Waals surface area contributed by atoms with Crippen LogP contribution in [0.5, 0.6) is 11.5 Å². The third-order valence-corrected chi connectivity index (χ3v) is 5.04. The van der Waals surface area contributed by atoms with Gasteiger partial charge in [-0.1, -0.05) is 11.2 Å². The number of carbonyl (C=O) groups is 1. The van der Waals surface area contributed by atoms with Crippen LogP contribution in [0.25, 0.3) is 22.8 Å². The van der Waals surface area contributed by atoms with Gasteiger partial charge in [0.2, 0.25) is 11.7 Å². The van der Waals surface area contributed by atoms with Gasteiger partial charge in [0.15, 0.2) is 0 Å². The Morgan fingerprint density at radius 3 is 2.44 bits per heavy atom. The van der Waals surface area contributed by atoms with E-state index in [2.05, 4.69) is 15.5 Å². The van der Waals surface area contributed by atoms with Crippen molar-refractivity contribution in [3.05, 3.63) is 47.0 Å². The smallest absolute Gasteiger partial charge is 0.258 e. The molecule has 1 atom stereocenters. The minimum Gasteiger partial charge on any atom is -0.491 e. The highest BCUT2D eigenvalue weighted by Crippen LogP contribution is 2.31. The zero-order chi connectivity index (χ0) is 24.8. The van der Waals surface area contributed by atoms with Crippen LogP contribution in [0.3, 0.4) is 0 Å². The molecule has 0 saturated heterocycles. The lowest BCUT2D eigenvalue weighted by Gasteiger charge is -2.16.